The number of hydrogen-bond acceptors (Lipinski definition) is 4. The van der Waals surface area contributed by atoms with Crippen molar-refractivity contribution in [1.82, 2.24) is 5.32 Å². The highest BCUT2D eigenvalue weighted by atomic mass is 16.5. The molecule has 0 atom stereocenters. The SMILES string of the molecule is CCCNC(=O)CN1C(=O)COc2ccc(NC(=O)CCCc3ccc(C)cc3)cc21. The average Bonchev–Trinajstić information content (AvgIpc) is 2.76. The first-order valence-corrected chi connectivity index (χ1v) is 10.7. The van der Waals surface area contributed by atoms with Crippen molar-refractivity contribution >= 4 is 29.1 Å². The van der Waals surface area contributed by atoms with Crippen LogP contribution in [0.5, 0.6) is 5.75 Å². The van der Waals surface area contributed by atoms with Crippen LogP contribution in [0.25, 0.3) is 0 Å². The van der Waals surface area contributed by atoms with Crippen LogP contribution in [0.2, 0.25) is 0 Å². The third kappa shape index (κ3) is 6.31. The van der Waals surface area contributed by atoms with E-state index in [1.165, 1.54) is 16.0 Å². The second-order valence-corrected chi connectivity index (χ2v) is 7.69. The van der Waals surface area contributed by atoms with Crippen molar-refractivity contribution in [2.45, 2.75) is 39.5 Å². The number of anilines is 2. The highest BCUT2D eigenvalue weighted by Gasteiger charge is 2.27. The number of aryl methyl sites for hydroxylation is 2. The molecule has 2 N–H and O–H groups in total. The topological polar surface area (TPSA) is 87.7 Å². The largest absolute Gasteiger partial charge is 0.482 e. The van der Waals surface area contributed by atoms with Crippen molar-refractivity contribution < 1.29 is 19.1 Å². The molecule has 0 unspecified atom stereocenters. The van der Waals surface area contributed by atoms with E-state index in [1.807, 2.05) is 13.8 Å². The van der Waals surface area contributed by atoms with Gasteiger partial charge in [0.25, 0.3) is 5.91 Å². The molecule has 0 fully saturated rings. The van der Waals surface area contributed by atoms with Gasteiger partial charge in [-0.3, -0.25) is 19.3 Å². The van der Waals surface area contributed by atoms with Crippen molar-refractivity contribution in [3.63, 3.8) is 0 Å². The third-order valence-electron chi connectivity index (χ3n) is 5.05. The normalized spacial score (nSPS) is 12.7. The Balaban J connectivity index is 1.59. The van der Waals surface area contributed by atoms with E-state index in [1.54, 1.807) is 18.2 Å². The molecular formula is C24H29N3O4. The Morgan fingerprint density at radius 1 is 1.10 bits per heavy atom. The van der Waals surface area contributed by atoms with Crippen molar-refractivity contribution in [3.8, 4) is 5.75 Å². The fourth-order valence-electron chi connectivity index (χ4n) is 3.35. The van der Waals surface area contributed by atoms with Gasteiger partial charge in [0, 0.05) is 18.7 Å². The molecule has 0 saturated heterocycles. The van der Waals surface area contributed by atoms with Gasteiger partial charge < -0.3 is 15.4 Å². The number of nitrogens with one attached hydrogen (secondary N) is 2. The summed E-state index contributed by atoms with van der Waals surface area (Å²) in [7, 11) is 0. The van der Waals surface area contributed by atoms with E-state index in [9.17, 15) is 14.4 Å². The lowest BCUT2D eigenvalue weighted by Gasteiger charge is -2.29. The molecule has 31 heavy (non-hydrogen) atoms. The second-order valence-electron chi connectivity index (χ2n) is 7.69. The molecule has 7 heteroatoms. The Kier molecular flexibility index (Phi) is 7.65. The van der Waals surface area contributed by atoms with Gasteiger partial charge in [-0.2, -0.15) is 0 Å². The van der Waals surface area contributed by atoms with E-state index in [-0.39, 0.29) is 30.9 Å². The molecule has 164 valence electrons. The van der Waals surface area contributed by atoms with Gasteiger partial charge in [-0.05, 0) is 49.9 Å². The van der Waals surface area contributed by atoms with Crippen molar-refractivity contribution in [3.05, 3.63) is 53.6 Å². The molecule has 0 aromatic heterocycles. The zero-order valence-corrected chi connectivity index (χ0v) is 18.1. The van der Waals surface area contributed by atoms with Crippen LogP contribution >= 0.6 is 0 Å². The quantitative estimate of drug-likeness (QED) is 0.648. The monoisotopic (exact) mass is 423 g/mol. The molecule has 0 bridgehead atoms. The van der Waals surface area contributed by atoms with E-state index in [0.29, 0.717) is 30.1 Å². The molecule has 0 radical (unpaired) electrons. The number of nitrogens with zero attached hydrogens (tertiary/aromatic N) is 1. The molecule has 1 aliphatic heterocycles. The van der Waals surface area contributed by atoms with Gasteiger partial charge in [0.2, 0.25) is 11.8 Å². The molecule has 0 spiro atoms. The Hall–Kier alpha value is -3.35. The maximum absolute atomic E-state index is 12.4. The van der Waals surface area contributed by atoms with Gasteiger partial charge in [-0.25, -0.2) is 0 Å². The highest BCUT2D eigenvalue weighted by Crippen LogP contribution is 2.34. The lowest BCUT2D eigenvalue weighted by atomic mass is 10.1. The maximum atomic E-state index is 12.4. The van der Waals surface area contributed by atoms with E-state index in [4.69, 9.17) is 4.74 Å². The average molecular weight is 424 g/mol. The first-order valence-electron chi connectivity index (χ1n) is 10.7. The van der Waals surface area contributed by atoms with E-state index in [0.717, 1.165) is 19.3 Å². The molecule has 3 rings (SSSR count). The summed E-state index contributed by atoms with van der Waals surface area (Å²) in [6.07, 6.45) is 2.79. The van der Waals surface area contributed by atoms with Gasteiger partial charge in [0.05, 0.1) is 5.69 Å². The van der Waals surface area contributed by atoms with E-state index in [2.05, 4.69) is 34.9 Å². The number of rotatable bonds is 9. The van der Waals surface area contributed by atoms with Crippen LogP contribution in [-0.4, -0.2) is 37.4 Å². The summed E-state index contributed by atoms with van der Waals surface area (Å²) in [6.45, 7) is 4.38. The van der Waals surface area contributed by atoms with Crippen LogP contribution in [0.4, 0.5) is 11.4 Å². The molecule has 2 aromatic carbocycles. The fourth-order valence-corrected chi connectivity index (χ4v) is 3.35. The maximum Gasteiger partial charge on any atom is 0.265 e. The molecule has 1 aliphatic rings. The van der Waals surface area contributed by atoms with Crippen LogP contribution in [-0.2, 0) is 20.8 Å². The van der Waals surface area contributed by atoms with Gasteiger partial charge in [0.1, 0.15) is 12.3 Å². The summed E-state index contributed by atoms with van der Waals surface area (Å²) < 4.78 is 5.48. The highest BCUT2D eigenvalue weighted by molar-refractivity contribution is 6.03. The molecule has 0 saturated carbocycles. The lowest BCUT2D eigenvalue weighted by molar-refractivity contribution is -0.125. The summed E-state index contributed by atoms with van der Waals surface area (Å²) in [5, 5.41) is 5.65. The molecule has 2 aromatic rings. The van der Waals surface area contributed by atoms with E-state index < -0.39 is 0 Å². The summed E-state index contributed by atoms with van der Waals surface area (Å²) in [6, 6.07) is 13.4. The van der Waals surface area contributed by atoms with Crippen LogP contribution in [0.3, 0.4) is 0 Å². The third-order valence-corrected chi connectivity index (χ3v) is 5.05. The van der Waals surface area contributed by atoms with Crippen molar-refractivity contribution in [1.29, 1.82) is 0 Å². The number of ether oxygens (including phenoxy) is 1. The Morgan fingerprint density at radius 2 is 1.87 bits per heavy atom. The molecule has 0 aliphatic carbocycles. The zero-order chi connectivity index (χ0) is 22.2. The lowest BCUT2D eigenvalue weighted by Crippen LogP contribution is -2.45. The Labute approximate surface area is 182 Å². The predicted octanol–water partition coefficient (Wildman–Crippen LogP) is 3.21. The molecule has 1 heterocycles. The van der Waals surface area contributed by atoms with Gasteiger partial charge >= 0.3 is 0 Å². The minimum atomic E-state index is -0.291. The summed E-state index contributed by atoms with van der Waals surface area (Å²) in [4.78, 5) is 38.2. The number of amides is 3. The Morgan fingerprint density at radius 3 is 2.61 bits per heavy atom. The number of fused-ring (bicyclic) bond motifs is 1. The minimum absolute atomic E-state index is 0.0802. The number of benzene rings is 2. The first kappa shape index (κ1) is 22.3. The number of hydrogen-bond donors (Lipinski definition) is 2. The van der Waals surface area contributed by atoms with Gasteiger partial charge in [-0.1, -0.05) is 36.8 Å². The van der Waals surface area contributed by atoms with Crippen LogP contribution in [0, 0.1) is 6.92 Å². The summed E-state index contributed by atoms with van der Waals surface area (Å²) >= 11 is 0. The standard InChI is InChI=1S/C24H29N3O4/c1-3-13-25-23(29)15-27-20-14-19(11-12-21(20)31-16-24(27)30)26-22(28)6-4-5-18-9-7-17(2)8-10-18/h7-12,14H,3-6,13,15-16H2,1-2H3,(H,25,29)(H,26,28). The molecule has 3 amide bonds. The van der Waals surface area contributed by atoms with Crippen molar-refractivity contribution in [2.24, 2.45) is 0 Å². The summed E-state index contributed by atoms with van der Waals surface area (Å²) in [5.41, 5.74) is 3.48. The predicted molar refractivity (Wildman–Crippen MR) is 120 cm³/mol. The van der Waals surface area contributed by atoms with Crippen LogP contribution in [0.1, 0.15) is 37.3 Å². The number of carbonyl (C=O) groups is 3. The minimum Gasteiger partial charge on any atom is -0.482 e. The summed E-state index contributed by atoms with van der Waals surface area (Å²) in [5.74, 6) is -0.100. The van der Waals surface area contributed by atoms with Gasteiger partial charge in [-0.15, -0.1) is 0 Å². The van der Waals surface area contributed by atoms with Crippen LogP contribution < -0.4 is 20.3 Å². The van der Waals surface area contributed by atoms with E-state index >= 15 is 0 Å². The number of carbonyl (C=O) groups excluding carboxylic acids is 3. The second kappa shape index (κ2) is 10.6. The first-order chi connectivity index (χ1) is 15.0. The fraction of sp³-hybridized carbons (Fsp3) is 0.375. The van der Waals surface area contributed by atoms with Crippen molar-refractivity contribution in [2.75, 3.05) is 29.9 Å². The molecule has 7 nitrogen and oxygen atoms in total. The molecular weight excluding hydrogens is 394 g/mol. The zero-order valence-electron chi connectivity index (χ0n) is 18.1. The Bertz CT molecular complexity index is 940. The van der Waals surface area contributed by atoms with Crippen LogP contribution in [0.15, 0.2) is 42.5 Å². The van der Waals surface area contributed by atoms with Gasteiger partial charge in [0.15, 0.2) is 6.61 Å². The smallest absolute Gasteiger partial charge is 0.265 e.